The van der Waals surface area contributed by atoms with Crippen LogP contribution in [0, 0.1) is 12.8 Å². The van der Waals surface area contributed by atoms with Gasteiger partial charge in [0.2, 0.25) is 5.91 Å². The van der Waals surface area contributed by atoms with E-state index < -0.39 is 0 Å². The van der Waals surface area contributed by atoms with Crippen molar-refractivity contribution in [2.24, 2.45) is 5.92 Å². The summed E-state index contributed by atoms with van der Waals surface area (Å²) in [6.07, 6.45) is 1.55. The standard InChI is InChI=1S/C20H23N5O2S2/c1-12-16(18(27)24(2)3)29-19(21-12)23-17(26)13-8-10-25(11-9-13)20-22-14-6-4-5-7-15(14)28-20/h4-7,13H,8-11H2,1-3H3,(H,21,23,26). The van der Waals surface area contributed by atoms with Gasteiger partial charge in [0.15, 0.2) is 10.3 Å². The van der Waals surface area contributed by atoms with E-state index in [0.29, 0.717) is 15.7 Å². The largest absolute Gasteiger partial charge is 0.348 e. The molecule has 152 valence electrons. The van der Waals surface area contributed by atoms with Crippen LogP contribution in [0.15, 0.2) is 24.3 Å². The Labute approximate surface area is 177 Å². The number of carbonyl (C=O) groups excluding carboxylic acids is 2. The molecule has 0 saturated carbocycles. The number of aryl methyl sites for hydroxylation is 1. The first kappa shape index (κ1) is 19.8. The van der Waals surface area contributed by atoms with Crippen molar-refractivity contribution in [3.05, 3.63) is 34.8 Å². The highest BCUT2D eigenvalue weighted by atomic mass is 32.1. The molecule has 9 heteroatoms. The molecule has 1 N–H and O–H groups in total. The summed E-state index contributed by atoms with van der Waals surface area (Å²) in [7, 11) is 3.41. The molecule has 0 bridgehead atoms. The van der Waals surface area contributed by atoms with Gasteiger partial charge in [-0.3, -0.25) is 9.59 Å². The van der Waals surface area contributed by atoms with Gasteiger partial charge >= 0.3 is 0 Å². The molecule has 0 spiro atoms. The van der Waals surface area contributed by atoms with Crippen LogP contribution >= 0.6 is 22.7 Å². The van der Waals surface area contributed by atoms with E-state index in [-0.39, 0.29) is 17.7 Å². The number of fused-ring (bicyclic) bond motifs is 1. The fourth-order valence-corrected chi connectivity index (χ4v) is 5.40. The van der Waals surface area contributed by atoms with E-state index in [1.165, 1.54) is 20.9 Å². The number of piperidine rings is 1. The number of hydrogen-bond donors (Lipinski definition) is 1. The summed E-state index contributed by atoms with van der Waals surface area (Å²) in [6.45, 7) is 3.40. The summed E-state index contributed by atoms with van der Waals surface area (Å²) in [6, 6.07) is 8.14. The Bertz CT molecular complexity index is 1020. The predicted octanol–water partition coefficient (Wildman–Crippen LogP) is 3.62. The molecule has 0 aliphatic carbocycles. The molecular weight excluding hydrogens is 406 g/mol. The van der Waals surface area contributed by atoms with Gasteiger partial charge in [-0.05, 0) is 31.9 Å². The maximum Gasteiger partial charge on any atom is 0.265 e. The zero-order valence-corrected chi connectivity index (χ0v) is 18.3. The van der Waals surface area contributed by atoms with Gasteiger partial charge < -0.3 is 15.1 Å². The van der Waals surface area contributed by atoms with E-state index in [1.54, 1.807) is 32.4 Å². The van der Waals surface area contributed by atoms with Gasteiger partial charge in [-0.25, -0.2) is 9.97 Å². The number of hydrogen-bond acceptors (Lipinski definition) is 7. The van der Waals surface area contributed by atoms with Crippen LogP contribution < -0.4 is 10.2 Å². The summed E-state index contributed by atoms with van der Waals surface area (Å²) in [5.41, 5.74) is 1.67. The highest BCUT2D eigenvalue weighted by molar-refractivity contribution is 7.22. The van der Waals surface area contributed by atoms with Crippen LogP contribution in [0.3, 0.4) is 0 Å². The SMILES string of the molecule is Cc1nc(NC(=O)C2CCN(c3nc4ccccc4s3)CC2)sc1C(=O)N(C)C. The lowest BCUT2D eigenvalue weighted by Crippen LogP contribution is -2.38. The average molecular weight is 430 g/mol. The van der Waals surface area contributed by atoms with Crippen LogP contribution in [-0.4, -0.2) is 53.9 Å². The fraction of sp³-hybridized carbons (Fsp3) is 0.400. The molecule has 0 unspecified atom stereocenters. The van der Waals surface area contributed by atoms with Crippen LogP contribution in [0.25, 0.3) is 10.2 Å². The second kappa shape index (κ2) is 8.08. The van der Waals surface area contributed by atoms with Crippen molar-refractivity contribution in [3.8, 4) is 0 Å². The second-order valence-corrected chi connectivity index (χ2v) is 9.36. The van der Waals surface area contributed by atoms with Crippen molar-refractivity contribution in [1.29, 1.82) is 0 Å². The molecule has 7 nitrogen and oxygen atoms in total. The summed E-state index contributed by atoms with van der Waals surface area (Å²) in [5.74, 6) is -0.172. The third kappa shape index (κ3) is 4.11. The highest BCUT2D eigenvalue weighted by Gasteiger charge is 2.27. The molecule has 0 atom stereocenters. The van der Waals surface area contributed by atoms with E-state index in [4.69, 9.17) is 4.98 Å². The van der Waals surface area contributed by atoms with Gasteiger partial charge in [0, 0.05) is 33.1 Å². The number of rotatable bonds is 4. The Morgan fingerprint density at radius 3 is 2.55 bits per heavy atom. The van der Waals surface area contributed by atoms with Crippen LogP contribution in [0.2, 0.25) is 0 Å². The molecule has 1 fully saturated rings. The van der Waals surface area contributed by atoms with Crippen LogP contribution in [0.5, 0.6) is 0 Å². The Balaban J connectivity index is 1.37. The number of thiazole rings is 2. The molecular formula is C20H23N5O2S2. The minimum atomic E-state index is -0.0929. The quantitative estimate of drug-likeness (QED) is 0.685. The van der Waals surface area contributed by atoms with Crippen LogP contribution in [0.1, 0.15) is 28.2 Å². The van der Waals surface area contributed by atoms with E-state index in [2.05, 4.69) is 21.3 Å². The van der Waals surface area contributed by atoms with E-state index in [1.807, 2.05) is 18.2 Å². The second-order valence-electron chi connectivity index (χ2n) is 7.35. The van der Waals surface area contributed by atoms with Crippen molar-refractivity contribution in [1.82, 2.24) is 14.9 Å². The van der Waals surface area contributed by atoms with Crippen molar-refractivity contribution in [2.45, 2.75) is 19.8 Å². The van der Waals surface area contributed by atoms with Gasteiger partial charge in [0.05, 0.1) is 15.9 Å². The molecule has 1 aromatic carbocycles. The first-order chi connectivity index (χ1) is 13.9. The number of amides is 2. The third-order valence-corrected chi connectivity index (χ3v) is 7.20. The molecule has 3 aromatic rings. The summed E-state index contributed by atoms with van der Waals surface area (Å²) in [4.78, 5) is 38.3. The summed E-state index contributed by atoms with van der Waals surface area (Å²) >= 11 is 2.93. The fourth-order valence-electron chi connectivity index (χ4n) is 3.39. The zero-order chi connectivity index (χ0) is 20.5. The maximum absolute atomic E-state index is 12.7. The Kier molecular flexibility index (Phi) is 5.51. The topological polar surface area (TPSA) is 78.4 Å². The monoisotopic (exact) mass is 429 g/mol. The maximum atomic E-state index is 12.7. The van der Waals surface area contributed by atoms with E-state index in [9.17, 15) is 9.59 Å². The lowest BCUT2D eigenvalue weighted by molar-refractivity contribution is -0.120. The van der Waals surface area contributed by atoms with Crippen LogP contribution in [0.4, 0.5) is 10.3 Å². The molecule has 1 saturated heterocycles. The Morgan fingerprint density at radius 2 is 1.86 bits per heavy atom. The first-order valence-electron chi connectivity index (χ1n) is 9.53. The van der Waals surface area contributed by atoms with Crippen molar-refractivity contribution < 1.29 is 9.59 Å². The van der Waals surface area contributed by atoms with Gasteiger partial charge in [-0.15, -0.1) is 0 Å². The molecule has 2 aromatic heterocycles. The summed E-state index contributed by atoms with van der Waals surface area (Å²) in [5, 5.41) is 4.42. The Hall–Kier alpha value is -2.52. The molecule has 1 aliphatic heterocycles. The average Bonchev–Trinajstić information content (AvgIpc) is 3.30. The number of nitrogens with zero attached hydrogens (tertiary/aromatic N) is 4. The van der Waals surface area contributed by atoms with Gasteiger partial charge in [-0.1, -0.05) is 34.8 Å². The molecule has 0 radical (unpaired) electrons. The Morgan fingerprint density at radius 1 is 1.14 bits per heavy atom. The number of para-hydroxylation sites is 1. The number of carbonyl (C=O) groups is 2. The minimum Gasteiger partial charge on any atom is -0.348 e. The van der Waals surface area contributed by atoms with Crippen LogP contribution in [-0.2, 0) is 4.79 Å². The van der Waals surface area contributed by atoms with Gasteiger partial charge in [-0.2, -0.15) is 0 Å². The van der Waals surface area contributed by atoms with E-state index in [0.717, 1.165) is 36.6 Å². The van der Waals surface area contributed by atoms with Crippen molar-refractivity contribution >= 4 is 55.0 Å². The number of aromatic nitrogens is 2. The van der Waals surface area contributed by atoms with E-state index >= 15 is 0 Å². The number of benzene rings is 1. The molecule has 3 heterocycles. The molecule has 4 rings (SSSR count). The minimum absolute atomic E-state index is 0.0217. The van der Waals surface area contributed by atoms with Crippen molar-refractivity contribution in [3.63, 3.8) is 0 Å². The lowest BCUT2D eigenvalue weighted by Gasteiger charge is -2.30. The molecule has 2 amide bonds. The van der Waals surface area contributed by atoms with Gasteiger partial charge in [0.25, 0.3) is 5.91 Å². The van der Waals surface area contributed by atoms with Crippen molar-refractivity contribution in [2.75, 3.05) is 37.4 Å². The summed E-state index contributed by atoms with van der Waals surface area (Å²) < 4.78 is 1.18. The predicted molar refractivity (Wildman–Crippen MR) is 118 cm³/mol. The third-order valence-electron chi connectivity index (χ3n) is 5.05. The smallest absolute Gasteiger partial charge is 0.265 e. The highest BCUT2D eigenvalue weighted by Crippen LogP contribution is 2.32. The normalized spacial score (nSPS) is 14.9. The molecule has 1 aliphatic rings. The number of anilines is 2. The zero-order valence-electron chi connectivity index (χ0n) is 16.6. The lowest BCUT2D eigenvalue weighted by atomic mass is 9.96. The molecule has 29 heavy (non-hydrogen) atoms. The number of nitrogens with one attached hydrogen (secondary N) is 1. The van der Waals surface area contributed by atoms with Gasteiger partial charge in [0.1, 0.15) is 4.88 Å². The first-order valence-corrected chi connectivity index (χ1v) is 11.2.